The van der Waals surface area contributed by atoms with Crippen LogP contribution in [0.4, 0.5) is 0 Å². The molecule has 8 nitrogen and oxygen atoms in total. The highest BCUT2D eigenvalue weighted by Crippen LogP contribution is 2.66. The molecule has 4 unspecified atom stereocenters. The van der Waals surface area contributed by atoms with E-state index in [0.717, 1.165) is 35.3 Å². The Morgan fingerprint density at radius 3 is 2.82 bits per heavy atom. The van der Waals surface area contributed by atoms with Gasteiger partial charge in [-0.2, -0.15) is 4.65 Å². The summed E-state index contributed by atoms with van der Waals surface area (Å²) >= 11 is 0. The normalized spacial score (nSPS) is 35.8. The van der Waals surface area contributed by atoms with Crippen molar-refractivity contribution in [1.82, 2.24) is 4.90 Å². The van der Waals surface area contributed by atoms with E-state index in [1.54, 1.807) is 37.3 Å². The van der Waals surface area contributed by atoms with Gasteiger partial charge in [-0.1, -0.05) is 18.2 Å². The van der Waals surface area contributed by atoms with Crippen molar-refractivity contribution in [2.24, 2.45) is 5.92 Å². The molecule has 1 amide bonds. The van der Waals surface area contributed by atoms with E-state index in [9.17, 15) is 20.2 Å². The molecule has 2 bridgehead atoms. The van der Waals surface area contributed by atoms with Gasteiger partial charge in [0.05, 0.1) is 18.6 Å². The Bertz CT molecular complexity index is 1370. The molecule has 0 radical (unpaired) electrons. The number of quaternary nitrogens is 1. The van der Waals surface area contributed by atoms with Crippen LogP contribution in [0.25, 0.3) is 6.08 Å². The quantitative estimate of drug-likeness (QED) is 0.389. The van der Waals surface area contributed by atoms with Gasteiger partial charge in [0, 0.05) is 37.4 Å². The number of carbonyl (C=O) groups excluding carboxylic acids is 1. The highest BCUT2D eigenvalue weighted by molar-refractivity contribution is 5.92. The predicted molar refractivity (Wildman–Crippen MR) is 144 cm³/mol. The summed E-state index contributed by atoms with van der Waals surface area (Å²) < 4.78 is 11.8. The molecule has 2 aliphatic heterocycles. The maximum absolute atomic E-state index is 13.4. The molecule has 1 saturated heterocycles. The highest BCUT2D eigenvalue weighted by Gasteiger charge is 2.77. The lowest BCUT2D eigenvalue weighted by Crippen LogP contribution is -2.82. The van der Waals surface area contributed by atoms with Gasteiger partial charge >= 0.3 is 0 Å². The fourth-order valence-electron chi connectivity index (χ4n) is 8.35. The van der Waals surface area contributed by atoms with Crippen LogP contribution >= 0.6 is 0 Å². The van der Waals surface area contributed by atoms with E-state index in [1.165, 1.54) is 0 Å². The molecule has 39 heavy (non-hydrogen) atoms. The Morgan fingerprint density at radius 2 is 2.05 bits per heavy atom. The molecule has 5 aliphatic rings. The number of aliphatic hydroxyl groups is 1. The Balaban J connectivity index is 1.25. The van der Waals surface area contributed by atoms with E-state index < -0.39 is 17.1 Å². The average Bonchev–Trinajstić information content (AvgIpc) is 3.66. The van der Waals surface area contributed by atoms with Crippen molar-refractivity contribution in [2.75, 3.05) is 27.2 Å². The molecule has 6 atom stereocenters. The van der Waals surface area contributed by atoms with Crippen molar-refractivity contribution in [1.29, 1.82) is 0 Å². The number of rotatable bonds is 6. The Labute approximate surface area is 228 Å². The summed E-state index contributed by atoms with van der Waals surface area (Å²) in [6.07, 6.45) is 7.17. The van der Waals surface area contributed by atoms with E-state index in [-0.39, 0.29) is 28.4 Å². The second kappa shape index (κ2) is 8.46. The number of phenolic OH excluding ortho intramolecular Hbond substituents is 1. The van der Waals surface area contributed by atoms with Crippen molar-refractivity contribution in [3.8, 4) is 17.2 Å². The molecule has 0 aromatic heterocycles. The van der Waals surface area contributed by atoms with Gasteiger partial charge in [0.2, 0.25) is 5.91 Å². The molecule has 2 saturated carbocycles. The molecular weight excluding hydrogens is 496 g/mol. The number of phenols is 1. The Hall–Kier alpha value is -3.07. The van der Waals surface area contributed by atoms with E-state index in [1.807, 2.05) is 30.3 Å². The maximum atomic E-state index is 13.4. The summed E-state index contributed by atoms with van der Waals surface area (Å²) in [7, 11) is 3.40. The lowest BCUT2D eigenvalue weighted by Gasteiger charge is -2.64. The molecule has 3 N–H and O–H groups in total. The molecule has 206 valence electrons. The number of hydrogen-bond acceptors (Lipinski definition) is 6. The third kappa shape index (κ3) is 3.44. The molecule has 7 rings (SSSR count). The summed E-state index contributed by atoms with van der Waals surface area (Å²) in [6, 6.07) is 10.5. The smallest absolute Gasteiger partial charge is 0.246 e. The Morgan fingerprint density at radius 1 is 1.23 bits per heavy atom. The van der Waals surface area contributed by atoms with Gasteiger partial charge in [0.25, 0.3) is 0 Å². The second-order valence-corrected chi connectivity index (χ2v) is 12.4. The zero-order valence-corrected chi connectivity index (χ0v) is 22.5. The zero-order chi connectivity index (χ0) is 27.2. The predicted octanol–water partition coefficient (Wildman–Crippen LogP) is 3.41. The summed E-state index contributed by atoms with van der Waals surface area (Å²) in [5, 5.41) is 35.5. The monoisotopic (exact) mass is 533 g/mol. The number of benzene rings is 2. The second-order valence-electron chi connectivity index (χ2n) is 12.4. The fraction of sp³-hybridized carbons (Fsp3) is 0.516. The van der Waals surface area contributed by atoms with E-state index in [0.29, 0.717) is 50.4 Å². The minimum Gasteiger partial charge on any atom is -0.504 e. The summed E-state index contributed by atoms with van der Waals surface area (Å²) in [5.74, 6) is 1.58. The van der Waals surface area contributed by atoms with E-state index in [4.69, 9.17) is 9.47 Å². The van der Waals surface area contributed by atoms with Gasteiger partial charge in [0.15, 0.2) is 17.5 Å². The van der Waals surface area contributed by atoms with Crippen molar-refractivity contribution < 1.29 is 34.3 Å². The van der Waals surface area contributed by atoms with Gasteiger partial charge < -0.3 is 24.6 Å². The fourth-order valence-corrected chi connectivity index (χ4v) is 8.35. The van der Waals surface area contributed by atoms with Gasteiger partial charge in [-0.05, 0) is 61.1 Å². The van der Waals surface area contributed by atoms with Crippen molar-refractivity contribution >= 4 is 12.0 Å². The molecule has 2 aromatic rings. The van der Waals surface area contributed by atoms with Crippen LogP contribution in [0.5, 0.6) is 17.2 Å². The number of methoxy groups -OCH3 is 1. The minimum atomic E-state index is -1.19. The largest absolute Gasteiger partial charge is 0.504 e. The third-order valence-corrected chi connectivity index (χ3v) is 10.4. The van der Waals surface area contributed by atoms with Crippen LogP contribution in [0.2, 0.25) is 0 Å². The summed E-state index contributed by atoms with van der Waals surface area (Å²) in [4.78, 5) is 15.2. The molecule has 1 spiro atoms. The lowest BCUT2D eigenvalue weighted by molar-refractivity contribution is -1.13. The number of hydroxylamine groups is 3. The van der Waals surface area contributed by atoms with Gasteiger partial charge in [-0.3, -0.25) is 4.79 Å². The lowest BCUT2D eigenvalue weighted by atomic mass is 9.48. The van der Waals surface area contributed by atoms with Crippen LogP contribution in [0.1, 0.15) is 48.8 Å². The van der Waals surface area contributed by atoms with E-state index >= 15 is 0 Å². The van der Waals surface area contributed by atoms with Gasteiger partial charge in [-0.15, -0.1) is 0 Å². The number of likely N-dealkylation sites (tertiary alicyclic amines) is 1. The number of amides is 1. The number of likely N-dealkylation sites (N-methyl/N-ethyl adjacent to an activating group) is 1. The highest BCUT2D eigenvalue weighted by atomic mass is 16.6. The maximum Gasteiger partial charge on any atom is 0.246 e. The topological polar surface area (TPSA) is 99.5 Å². The number of aromatic hydroxyl groups is 1. The van der Waals surface area contributed by atoms with Gasteiger partial charge in [0.1, 0.15) is 30.5 Å². The SMILES string of the molecule is COc1cccc(C=CC(=O)N(C)C2CCC3(O)[C@H]4Cc5ccc(O)c6c5[C@@]3(CC[N+]4(O)CC3CC3)C2O6)c1. The standard InChI is InChI=1S/C31H36N2O6/c1-32(26(35)11-8-19-4-3-5-22(16-19)38-2)23-12-13-31(36)25-17-21-9-10-24(34)28-27(21)30(31,29(23)39-28)14-15-33(25,37)18-20-6-7-20/h3-5,8-11,16,20,23,25,29,36-37H,6-7,12-15,17-18H2,1-2H3/p+1/t23?,25-,29?,30+,31?,33?/m1/s1. The average molecular weight is 534 g/mol. The van der Waals surface area contributed by atoms with E-state index in [2.05, 4.69) is 0 Å². The molecule has 3 aliphatic carbocycles. The molecule has 2 aromatic carbocycles. The van der Waals surface area contributed by atoms with Crippen LogP contribution in [-0.4, -0.2) is 81.9 Å². The summed E-state index contributed by atoms with van der Waals surface area (Å²) in [5.41, 5.74) is 0.798. The van der Waals surface area contributed by atoms with Crippen LogP contribution in [-0.2, 0) is 16.6 Å². The number of piperidine rings is 1. The number of ether oxygens (including phenoxy) is 2. The molecular formula is C31H37N2O6+. The van der Waals surface area contributed by atoms with Crippen LogP contribution in [0.15, 0.2) is 42.5 Å². The minimum absolute atomic E-state index is 0.0669. The van der Waals surface area contributed by atoms with Crippen LogP contribution in [0, 0.1) is 5.92 Å². The number of nitrogens with zero attached hydrogens (tertiary/aromatic N) is 2. The third-order valence-electron chi connectivity index (χ3n) is 10.4. The molecule has 8 heteroatoms. The number of hydrogen-bond donors (Lipinski definition) is 3. The molecule has 2 heterocycles. The van der Waals surface area contributed by atoms with Crippen LogP contribution < -0.4 is 9.47 Å². The zero-order valence-electron chi connectivity index (χ0n) is 22.5. The number of carbonyl (C=O) groups is 1. The van der Waals surface area contributed by atoms with Crippen molar-refractivity contribution in [3.63, 3.8) is 0 Å². The Kier molecular flexibility index (Phi) is 5.41. The summed E-state index contributed by atoms with van der Waals surface area (Å²) in [6.45, 7) is 1.20. The first-order valence-electron chi connectivity index (χ1n) is 14.1. The van der Waals surface area contributed by atoms with Crippen molar-refractivity contribution in [2.45, 2.75) is 67.7 Å². The first kappa shape index (κ1) is 24.9. The molecule has 3 fully saturated rings. The first-order valence-corrected chi connectivity index (χ1v) is 14.1. The van der Waals surface area contributed by atoms with Crippen molar-refractivity contribution in [3.05, 3.63) is 59.2 Å². The van der Waals surface area contributed by atoms with Crippen LogP contribution in [0.3, 0.4) is 0 Å². The van der Waals surface area contributed by atoms with Gasteiger partial charge in [-0.25, -0.2) is 5.21 Å². The first-order chi connectivity index (χ1) is 18.7.